The molecule has 3 aliphatic heterocycles. The van der Waals surface area contributed by atoms with Crippen LogP contribution in [0.4, 0.5) is 0 Å². The normalized spacial score (nSPS) is 18.1. The third-order valence-electron chi connectivity index (χ3n) is 10.1. The first-order chi connectivity index (χ1) is 29.6. The van der Waals surface area contributed by atoms with Gasteiger partial charge in [0.05, 0.1) is 13.2 Å². The van der Waals surface area contributed by atoms with Crippen LogP contribution < -0.4 is 0 Å². The molecule has 0 bridgehead atoms. The zero-order chi connectivity index (χ0) is 46.0. The number of hydrogen-bond acceptors (Lipinski definition) is 9. The molecule has 12 heteroatoms. The minimum absolute atomic E-state index is 0. The van der Waals surface area contributed by atoms with E-state index in [4.69, 9.17) is 28.2 Å². The van der Waals surface area contributed by atoms with E-state index >= 15 is 0 Å². The number of nitrogens with zero attached hydrogens (tertiary/aromatic N) is 5. The average Bonchev–Trinajstić information content (AvgIpc) is 4.08. The third kappa shape index (κ3) is 22.0. The number of hydrogen-bond donors (Lipinski definition) is 0. The molecule has 0 N–H and O–H groups in total. The Kier molecular flexibility index (Phi) is 28.1. The smallest absolute Gasteiger partial charge is 0.235 e. The predicted molar refractivity (Wildman–Crippen MR) is 253 cm³/mol. The Morgan fingerprint density at radius 1 is 0.857 bits per heavy atom. The van der Waals surface area contributed by atoms with Crippen LogP contribution in [-0.4, -0.2) is 70.7 Å². The Morgan fingerprint density at radius 3 is 1.83 bits per heavy atom. The summed E-state index contributed by atoms with van der Waals surface area (Å²) in [7, 11) is 7.64. The van der Waals surface area contributed by atoms with Gasteiger partial charge in [-0.25, -0.2) is 13.2 Å². The van der Waals surface area contributed by atoms with Gasteiger partial charge < -0.3 is 32.6 Å². The van der Waals surface area contributed by atoms with Crippen LogP contribution in [0.3, 0.4) is 0 Å². The van der Waals surface area contributed by atoms with Gasteiger partial charge >= 0.3 is 0 Å². The second kappa shape index (κ2) is 31.0. The summed E-state index contributed by atoms with van der Waals surface area (Å²) >= 11 is 6.70. The van der Waals surface area contributed by atoms with Gasteiger partial charge in [-0.3, -0.25) is 29.3 Å². The Labute approximate surface area is 398 Å². The molecule has 3 aliphatic rings. The molecule has 3 atom stereocenters. The molecule has 2 aromatic carbocycles. The Bertz CT molecular complexity index is 1870. The van der Waals surface area contributed by atoms with Crippen LogP contribution in [0.2, 0.25) is 0 Å². The zero-order valence-corrected chi connectivity index (χ0v) is 40.8. The van der Waals surface area contributed by atoms with E-state index in [9.17, 15) is 9.59 Å². The van der Waals surface area contributed by atoms with Gasteiger partial charge in [0, 0.05) is 77.3 Å². The number of halogens is 1. The molecule has 1 amide bonds. The second-order valence-corrected chi connectivity index (χ2v) is 18.3. The Morgan fingerprint density at radius 2 is 1.41 bits per heavy atom. The maximum atomic E-state index is 12.8. The summed E-state index contributed by atoms with van der Waals surface area (Å²) < 4.78 is 10.7. The van der Waals surface area contributed by atoms with E-state index < -0.39 is 5.41 Å². The topological polar surface area (TPSA) is 99.0 Å². The summed E-state index contributed by atoms with van der Waals surface area (Å²) in [6, 6.07) is 29.2. The fourth-order valence-corrected chi connectivity index (χ4v) is 7.00. The van der Waals surface area contributed by atoms with Crippen molar-refractivity contribution < 1.29 is 36.1 Å². The predicted octanol–water partition coefficient (Wildman–Crippen LogP) is 11.5. The Balaban J connectivity index is 0.000000453. The number of rotatable bonds is 8. The number of benzene rings is 2. The quantitative estimate of drug-likeness (QED) is 0.0978. The van der Waals surface area contributed by atoms with Crippen LogP contribution in [0.15, 0.2) is 127 Å². The summed E-state index contributed by atoms with van der Waals surface area (Å²) in [5.74, 6) is 0.337. The van der Waals surface area contributed by atoms with Crippen LogP contribution in [0.1, 0.15) is 90.0 Å². The van der Waals surface area contributed by atoms with Gasteiger partial charge in [0.1, 0.15) is 0 Å². The van der Waals surface area contributed by atoms with Crippen molar-refractivity contribution in [2.75, 3.05) is 33.8 Å². The van der Waals surface area contributed by atoms with E-state index in [1.165, 1.54) is 42.5 Å². The van der Waals surface area contributed by atoms with E-state index in [0.29, 0.717) is 31.9 Å². The molecule has 347 valence electrons. The zero-order valence-electron chi connectivity index (χ0n) is 38.3. The molecule has 7 rings (SSSR count). The molecular weight excluding hydrogens is 878 g/mol. The number of aromatic nitrogens is 1. The van der Waals surface area contributed by atoms with E-state index in [-0.39, 0.29) is 39.6 Å². The van der Waals surface area contributed by atoms with Crippen LogP contribution in [0.5, 0.6) is 0 Å². The van der Waals surface area contributed by atoms with E-state index in [1.54, 1.807) is 37.0 Å². The Hall–Kier alpha value is -3.95. The van der Waals surface area contributed by atoms with E-state index in [1.807, 2.05) is 111 Å². The molecule has 0 saturated carbocycles. The standard InChI is InChI=1S/C23H32N2O2.C10H14N2.C8H9O.C5H9ClO.C4H3S.CN.Cu/c1-23(2,3)22(26)25-14-12-19(17-27-16-18-9-6-5-7-10-18)20(15-25)21-11-8-13-24(21)4;1-12-7-3-5-10(12)9-4-2-6-11-8-9;1-9-7-8-5-3-2-4-6-8;1-5(2,3)4(6)7;1-2-4-5-3-1;1-2;/h5-7,9-10,12,14-15,19,21H,8,11,13,16-17H2,1-4H3;2,4,6,8,10H,3,5,7H2,1H3;2-6H,1,7H2;1-3H3;1-3H;;/q;;-1;;2*-1;/t19?,21-;10-;;;;;/m00...../s1. The summed E-state index contributed by atoms with van der Waals surface area (Å²) in [5, 5.41) is 10.9. The second-order valence-electron chi connectivity index (χ2n) is 17.2. The van der Waals surface area contributed by atoms with Crippen LogP contribution in [0, 0.1) is 41.1 Å². The van der Waals surface area contributed by atoms with Gasteiger partial charge in [-0.05, 0) is 92.8 Å². The van der Waals surface area contributed by atoms with E-state index in [0.717, 1.165) is 18.5 Å². The number of thiophene rings is 1. The monoisotopic (exact) mass is 943 g/mol. The molecule has 9 nitrogen and oxygen atoms in total. The number of carbonyl (C=O) groups excluding carboxylic acids is 2. The van der Waals surface area contributed by atoms with Crippen molar-refractivity contribution in [3.05, 3.63) is 163 Å². The first-order valence-corrected chi connectivity index (χ1v) is 22.2. The number of pyridine rings is 1. The molecule has 0 spiro atoms. The summed E-state index contributed by atoms with van der Waals surface area (Å²) in [4.78, 5) is 33.7. The number of ether oxygens (including phenoxy) is 2. The molecular formula is C51H67ClCuN5O4S-3. The number of likely N-dealkylation sites (N-methyl/N-ethyl adjacent to an activating group) is 1. The molecule has 1 radical (unpaired) electrons. The molecule has 2 saturated heterocycles. The fourth-order valence-electron chi connectivity index (χ4n) is 6.61. The summed E-state index contributed by atoms with van der Waals surface area (Å²) in [6.07, 6.45) is 14.9. The van der Waals surface area contributed by atoms with Crippen LogP contribution in [0.25, 0.3) is 0 Å². The minimum atomic E-state index is -0.399. The molecule has 2 aromatic heterocycles. The molecule has 5 heterocycles. The SMILES string of the molecule is CC(C)(C)C(=O)Cl.CN1CCC[C@H]1C1=CN(C(=O)C(C)(C)C)C=CC1COCc1ccccc1.CN1CCC[C@H]1c1cccnc1.[C-]#N.[CH2-]OCc1ccccc1.[Cu].[c-]1cccs1. The van der Waals surface area contributed by atoms with Crippen molar-refractivity contribution in [1.82, 2.24) is 19.7 Å². The number of likely N-dealkylation sites (tertiary alicyclic amines) is 2. The van der Waals surface area contributed by atoms with E-state index in [2.05, 4.69) is 76.6 Å². The van der Waals surface area contributed by atoms with Gasteiger partial charge in [-0.1, -0.05) is 114 Å². The molecule has 1 unspecified atom stereocenters. The first-order valence-electron chi connectivity index (χ1n) is 21.0. The van der Waals surface area contributed by atoms with Crippen molar-refractivity contribution in [3.8, 4) is 0 Å². The minimum Gasteiger partial charge on any atom is -0.552 e. The van der Waals surface area contributed by atoms with Crippen molar-refractivity contribution in [2.45, 2.75) is 92.5 Å². The van der Waals surface area contributed by atoms with Crippen molar-refractivity contribution in [3.63, 3.8) is 0 Å². The first kappa shape index (κ1) is 57.1. The van der Waals surface area contributed by atoms with Crippen LogP contribution in [-0.2, 0) is 49.3 Å². The number of carbonyl (C=O) groups is 2. The average molecular weight is 945 g/mol. The summed E-state index contributed by atoms with van der Waals surface area (Å²) in [6.45, 7) is 20.2. The van der Waals surface area contributed by atoms with Gasteiger partial charge in [0.25, 0.3) is 0 Å². The van der Waals surface area contributed by atoms with Crippen LogP contribution >= 0.6 is 22.9 Å². The van der Waals surface area contributed by atoms with Crippen molar-refractivity contribution in [1.29, 1.82) is 5.26 Å². The largest absolute Gasteiger partial charge is 0.552 e. The molecule has 2 fully saturated rings. The number of amides is 1. The van der Waals surface area contributed by atoms with Crippen molar-refractivity contribution >= 4 is 34.1 Å². The third-order valence-corrected chi connectivity index (χ3v) is 11.2. The van der Waals surface area contributed by atoms with Gasteiger partial charge in [-0.15, -0.1) is 5.38 Å². The molecule has 0 aliphatic carbocycles. The molecule has 63 heavy (non-hydrogen) atoms. The van der Waals surface area contributed by atoms with Gasteiger partial charge in [-0.2, -0.15) is 11.4 Å². The van der Waals surface area contributed by atoms with Gasteiger partial charge in [0.15, 0.2) is 0 Å². The maximum Gasteiger partial charge on any atom is 0.235 e. The van der Waals surface area contributed by atoms with Gasteiger partial charge in [0.2, 0.25) is 11.1 Å². The van der Waals surface area contributed by atoms with Crippen molar-refractivity contribution in [2.24, 2.45) is 16.7 Å². The maximum absolute atomic E-state index is 12.8. The molecule has 4 aromatic rings. The summed E-state index contributed by atoms with van der Waals surface area (Å²) in [5.41, 5.74) is 4.23. The fraction of sp³-hybridized carbons (Fsp3) is 0.431.